The summed E-state index contributed by atoms with van der Waals surface area (Å²) in [6, 6.07) is 18.7. The number of anilines is 1. The highest BCUT2D eigenvalue weighted by atomic mass is 15.0. The number of imidazole rings is 1. The number of fused-ring (bicyclic) bond motifs is 1. The van der Waals surface area contributed by atoms with Crippen LogP contribution in [0.25, 0.3) is 22.0 Å². The van der Waals surface area contributed by atoms with Crippen LogP contribution in [0.15, 0.2) is 73.3 Å². The predicted octanol–water partition coefficient (Wildman–Crippen LogP) is 4.31. The topological polar surface area (TPSA) is 56.7 Å². The summed E-state index contributed by atoms with van der Waals surface area (Å²) in [6.07, 6.45) is 7.51. The summed E-state index contributed by atoms with van der Waals surface area (Å²) >= 11 is 0. The summed E-state index contributed by atoms with van der Waals surface area (Å²) in [5.41, 5.74) is 10.8. The molecule has 2 aromatic carbocycles. The number of pyridine rings is 1. The van der Waals surface area contributed by atoms with Crippen molar-refractivity contribution in [1.82, 2.24) is 14.5 Å². The molecule has 0 saturated heterocycles. The van der Waals surface area contributed by atoms with Crippen molar-refractivity contribution in [3.63, 3.8) is 0 Å². The zero-order valence-electron chi connectivity index (χ0n) is 14.0. The molecule has 0 amide bonds. The van der Waals surface area contributed by atoms with Crippen molar-refractivity contribution in [3.8, 4) is 11.1 Å². The van der Waals surface area contributed by atoms with Crippen molar-refractivity contribution < 1.29 is 0 Å². The van der Waals surface area contributed by atoms with E-state index in [1.54, 1.807) is 6.20 Å². The molecule has 0 unspecified atom stereocenters. The summed E-state index contributed by atoms with van der Waals surface area (Å²) in [5.74, 6) is 0.628. The zero-order chi connectivity index (χ0) is 17.1. The molecule has 0 bridgehead atoms. The molecule has 2 heterocycles. The van der Waals surface area contributed by atoms with Gasteiger partial charge in [0.2, 0.25) is 0 Å². The molecule has 4 aromatic rings. The van der Waals surface area contributed by atoms with Crippen LogP contribution >= 0.6 is 0 Å². The van der Waals surface area contributed by atoms with E-state index in [2.05, 4.69) is 50.9 Å². The maximum atomic E-state index is 6.35. The van der Waals surface area contributed by atoms with Crippen LogP contribution in [0, 0.1) is 0 Å². The van der Waals surface area contributed by atoms with Crippen molar-refractivity contribution in [3.05, 3.63) is 78.9 Å². The summed E-state index contributed by atoms with van der Waals surface area (Å²) in [4.78, 5) is 8.73. The first-order chi connectivity index (χ1) is 12.3. The number of nitrogens with two attached hydrogens (primary N) is 1. The Morgan fingerprint density at radius 3 is 2.56 bits per heavy atom. The molecule has 0 fully saturated rings. The SMILES string of the molecule is Nc1nc2ccccc2c(-c2ccccc2)c1CCCn1ccnc1. The van der Waals surface area contributed by atoms with Crippen LogP contribution in [-0.4, -0.2) is 14.5 Å². The largest absolute Gasteiger partial charge is 0.383 e. The van der Waals surface area contributed by atoms with E-state index in [9.17, 15) is 0 Å². The standard InChI is InChI=1S/C21H20N4/c22-21-18(10-6-13-25-14-12-23-15-25)20(16-7-2-1-3-8-16)17-9-4-5-11-19(17)24-21/h1-5,7-9,11-12,14-15H,6,10,13H2,(H2,22,24). The fourth-order valence-electron chi connectivity index (χ4n) is 3.32. The Labute approximate surface area is 147 Å². The summed E-state index contributed by atoms with van der Waals surface area (Å²) < 4.78 is 2.09. The normalized spacial score (nSPS) is 11.0. The molecule has 0 aliphatic heterocycles. The molecular formula is C21H20N4. The van der Waals surface area contributed by atoms with Gasteiger partial charge in [0.05, 0.1) is 11.8 Å². The average Bonchev–Trinajstić information content (AvgIpc) is 3.16. The van der Waals surface area contributed by atoms with Crippen LogP contribution in [0.3, 0.4) is 0 Å². The summed E-state index contributed by atoms with van der Waals surface area (Å²) in [5, 5.41) is 1.15. The molecule has 0 aliphatic rings. The van der Waals surface area contributed by atoms with Crippen molar-refractivity contribution >= 4 is 16.7 Å². The molecule has 0 spiro atoms. The van der Waals surface area contributed by atoms with Gasteiger partial charge in [-0.05, 0) is 30.0 Å². The molecule has 4 heteroatoms. The minimum Gasteiger partial charge on any atom is -0.383 e. The number of nitrogen functional groups attached to an aromatic ring is 1. The van der Waals surface area contributed by atoms with E-state index in [0.717, 1.165) is 35.9 Å². The Balaban J connectivity index is 1.77. The van der Waals surface area contributed by atoms with Crippen molar-refractivity contribution in [2.24, 2.45) is 0 Å². The second kappa shape index (κ2) is 6.77. The predicted molar refractivity (Wildman–Crippen MR) is 102 cm³/mol. The van der Waals surface area contributed by atoms with Gasteiger partial charge in [0.25, 0.3) is 0 Å². The minimum atomic E-state index is 0.628. The number of rotatable bonds is 5. The minimum absolute atomic E-state index is 0.628. The van der Waals surface area contributed by atoms with Crippen LogP contribution in [0.1, 0.15) is 12.0 Å². The van der Waals surface area contributed by atoms with E-state index in [-0.39, 0.29) is 0 Å². The molecule has 2 aromatic heterocycles. The Hall–Kier alpha value is -3.14. The lowest BCUT2D eigenvalue weighted by Gasteiger charge is -2.16. The molecule has 0 radical (unpaired) electrons. The van der Waals surface area contributed by atoms with Crippen LogP contribution < -0.4 is 5.73 Å². The van der Waals surface area contributed by atoms with Gasteiger partial charge in [0.1, 0.15) is 5.82 Å². The highest BCUT2D eigenvalue weighted by Gasteiger charge is 2.14. The van der Waals surface area contributed by atoms with Crippen LogP contribution in [0.2, 0.25) is 0 Å². The molecule has 25 heavy (non-hydrogen) atoms. The molecule has 4 rings (SSSR count). The first-order valence-corrected chi connectivity index (χ1v) is 8.51. The summed E-state index contributed by atoms with van der Waals surface area (Å²) in [6.45, 7) is 0.917. The van der Waals surface area contributed by atoms with Gasteiger partial charge in [-0.15, -0.1) is 0 Å². The number of hydrogen-bond donors (Lipinski definition) is 1. The van der Waals surface area contributed by atoms with Gasteiger partial charge >= 0.3 is 0 Å². The highest BCUT2D eigenvalue weighted by Crippen LogP contribution is 2.34. The Morgan fingerprint density at radius 1 is 0.960 bits per heavy atom. The summed E-state index contributed by atoms with van der Waals surface area (Å²) in [7, 11) is 0. The lowest BCUT2D eigenvalue weighted by Crippen LogP contribution is -2.04. The average molecular weight is 328 g/mol. The molecule has 0 aliphatic carbocycles. The van der Waals surface area contributed by atoms with Gasteiger partial charge in [-0.2, -0.15) is 0 Å². The monoisotopic (exact) mass is 328 g/mol. The number of benzene rings is 2. The maximum absolute atomic E-state index is 6.35. The van der Waals surface area contributed by atoms with Crippen LogP contribution in [0.4, 0.5) is 5.82 Å². The van der Waals surface area contributed by atoms with Gasteiger partial charge < -0.3 is 10.3 Å². The van der Waals surface area contributed by atoms with Gasteiger partial charge in [-0.1, -0.05) is 48.5 Å². The third-order valence-electron chi connectivity index (χ3n) is 4.49. The van der Waals surface area contributed by atoms with Crippen molar-refractivity contribution in [2.75, 3.05) is 5.73 Å². The van der Waals surface area contributed by atoms with Crippen molar-refractivity contribution in [2.45, 2.75) is 19.4 Å². The molecule has 0 saturated carbocycles. The maximum Gasteiger partial charge on any atom is 0.127 e. The second-order valence-corrected chi connectivity index (χ2v) is 6.14. The van der Waals surface area contributed by atoms with E-state index in [1.807, 2.05) is 30.7 Å². The van der Waals surface area contributed by atoms with E-state index in [1.165, 1.54) is 11.1 Å². The fourth-order valence-corrected chi connectivity index (χ4v) is 3.32. The molecule has 124 valence electrons. The van der Waals surface area contributed by atoms with Gasteiger partial charge in [-0.3, -0.25) is 0 Å². The number of nitrogens with zero attached hydrogens (tertiary/aromatic N) is 3. The first-order valence-electron chi connectivity index (χ1n) is 8.51. The Bertz CT molecular complexity index is 976. The first kappa shape index (κ1) is 15.4. The van der Waals surface area contributed by atoms with E-state index >= 15 is 0 Å². The van der Waals surface area contributed by atoms with Crippen LogP contribution in [0.5, 0.6) is 0 Å². The third kappa shape index (κ3) is 3.11. The molecule has 0 atom stereocenters. The fraction of sp³-hybridized carbons (Fsp3) is 0.143. The smallest absolute Gasteiger partial charge is 0.127 e. The van der Waals surface area contributed by atoms with Gasteiger partial charge in [0.15, 0.2) is 0 Å². The van der Waals surface area contributed by atoms with E-state index in [4.69, 9.17) is 5.73 Å². The quantitative estimate of drug-likeness (QED) is 0.594. The molecular weight excluding hydrogens is 308 g/mol. The second-order valence-electron chi connectivity index (χ2n) is 6.14. The number of aromatic nitrogens is 3. The Kier molecular flexibility index (Phi) is 4.17. The van der Waals surface area contributed by atoms with Crippen LogP contribution in [-0.2, 0) is 13.0 Å². The van der Waals surface area contributed by atoms with Crippen molar-refractivity contribution in [1.29, 1.82) is 0 Å². The third-order valence-corrected chi connectivity index (χ3v) is 4.49. The van der Waals surface area contributed by atoms with Gasteiger partial charge in [0, 0.05) is 29.9 Å². The number of hydrogen-bond acceptors (Lipinski definition) is 3. The van der Waals surface area contributed by atoms with E-state index < -0.39 is 0 Å². The van der Waals surface area contributed by atoms with E-state index in [0.29, 0.717) is 5.82 Å². The zero-order valence-corrected chi connectivity index (χ0v) is 14.0. The highest BCUT2D eigenvalue weighted by molar-refractivity contribution is 5.98. The number of para-hydroxylation sites is 1. The lowest BCUT2D eigenvalue weighted by atomic mass is 9.93. The number of aryl methyl sites for hydroxylation is 1. The molecule has 4 nitrogen and oxygen atoms in total. The Morgan fingerprint density at radius 2 is 1.76 bits per heavy atom. The van der Waals surface area contributed by atoms with Gasteiger partial charge in [-0.25, -0.2) is 9.97 Å². The lowest BCUT2D eigenvalue weighted by molar-refractivity contribution is 0.642. The molecule has 2 N–H and O–H groups in total.